The largest absolute Gasteiger partial charge is 0.493 e. The maximum atomic E-state index is 6.64. The Morgan fingerprint density at radius 2 is 0.768 bits per heavy atom. The van der Waals surface area contributed by atoms with Gasteiger partial charge in [-0.05, 0) is 160 Å². The first-order valence-electron chi connectivity index (χ1n) is 23.7. The van der Waals surface area contributed by atoms with Crippen molar-refractivity contribution in [3.63, 3.8) is 0 Å². The van der Waals surface area contributed by atoms with Crippen LogP contribution < -0.4 is 52.1 Å². The Morgan fingerprint density at radius 1 is 0.362 bits per heavy atom. The second-order valence-electron chi connectivity index (χ2n) is 17.9. The lowest BCUT2D eigenvalue weighted by atomic mass is 9.93. The van der Waals surface area contributed by atoms with E-state index in [4.69, 9.17) is 56.8 Å². The zero-order chi connectivity index (χ0) is 47.4. The van der Waals surface area contributed by atoms with Crippen LogP contribution in [0, 0.1) is 0 Å². The Balaban J connectivity index is 1.16. The van der Waals surface area contributed by atoms with Crippen molar-refractivity contribution < 1.29 is 56.8 Å². The summed E-state index contributed by atoms with van der Waals surface area (Å²) >= 11 is 0. The van der Waals surface area contributed by atoms with Gasteiger partial charge in [-0.3, -0.25) is 0 Å². The predicted octanol–water partition coefficient (Wildman–Crippen LogP) is 9.70. The molecule has 12 heterocycles. The molecule has 6 aromatic rings. The predicted molar refractivity (Wildman–Crippen MR) is 261 cm³/mol. The highest BCUT2D eigenvalue weighted by molar-refractivity contribution is 5.64. The number of hydrogen-bond acceptors (Lipinski definition) is 12. The summed E-state index contributed by atoms with van der Waals surface area (Å²) in [7, 11) is 10.1. The van der Waals surface area contributed by atoms with Gasteiger partial charge in [0.2, 0.25) is 5.75 Å². The molecule has 12 aliphatic heterocycles. The maximum absolute atomic E-state index is 6.64. The first-order chi connectivity index (χ1) is 33.8. The molecule has 0 saturated heterocycles. The molecular weight excluding hydrogens is 877 g/mol. The van der Waals surface area contributed by atoms with Gasteiger partial charge in [0.15, 0.2) is 46.0 Å². The molecule has 0 saturated carbocycles. The van der Waals surface area contributed by atoms with Crippen LogP contribution in [0.4, 0.5) is 0 Å². The zero-order valence-electron chi connectivity index (χ0n) is 40.4. The highest BCUT2D eigenvalue weighted by atomic mass is 16.6. The summed E-state index contributed by atoms with van der Waals surface area (Å²) < 4.78 is 75.9. The molecule has 14 aliphatic rings. The Hall–Kier alpha value is -6.92. The second-order valence-corrected chi connectivity index (χ2v) is 17.9. The molecule has 0 radical (unpaired) electrons. The average Bonchev–Trinajstić information content (AvgIpc) is 3.46. The van der Waals surface area contributed by atoms with Crippen LogP contribution in [0.5, 0.6) is 63.2 Å². The van der Waals surface area contributed by atoms with Crippen molar-refractivity contribution >= 4 is 0 Å². The molecule has 0 unspecified atom stereocenters. The summed E-state index contributed by atoms with van der Waals surface area (Å²) in [6, 6.07) is 27.5. The highest BCUT2D eigenvalue weighted by Crippen LogP contribution is 2.47. The van der Waals surface area contributed by atoms with Gasteiger partial charge >= 0.3 is 0 Å². The normalized spacial score (nSPS) is 16.3. The van der Waals surface area contributed by atoms with Crippen molar-refractivity contribution in [3.8, 4) is 63.2 Å². The zero-order valence-corrected chi connectivity index (χ0v) is 40.4. The summed E-state index contributed by atoms with van der Waals surface area (Å²) in [6.45, 7) is 2.10. The van der Waals surface area contributed by atoms with Gasteiger partial charge in [-0.2, -0.15) is 0 Å². The minimum atomic E-state index is -0.435. The van der Waals surface area contributed by atoms with Crippen molar-refractivity contribution in [2.45, 2.75) is 57.5 Å². The van der Waals surface area contributed by atoms with Crippen LogP contribution in [0.3, 0.4) is 0 Å². The fourth-order valence-corrected chi connectivity index (χ4v) is 9.98. The summed E-state index contributed by atoms with van der Waals surface area (Å²) in [5, 5.41) is 0. The maximum Gasteiger partial charge on any atom is 0.203 e. The average molecular weight is 937 g/mol. The highest BCUT2D eigenvalue weighted by Gasteiger charge is 2.28. The van der Waals surface area contributed by atoms with Crippen LogP contribution in [0.25, 0.3) is 0 Å². The van der Waals surface area contributed by atoms with Crippen LogP contribution in [0.2, 0.25) is 0 Å². The van der Waals surface area contributed by atoms with Gasteiger partial charge in [-0.15, -0.1) is 0 Å². The Labute approximate surface area is 404 Å². The standard InChI is InChI=1S/C57H60O12/c1-58-47-32-68-53-29-38-17-34-9-11-45-22-36(34)19-40-25-49(59-2)52(28-42(40)20-41(38)26-50(53)60-3)66-15-7-13-64-46-12-10-35-18-39-30-54(69-33-47)51(61-4)27-43(39)24-48-44(21-37(35)23-46)31-55(62-5)57(56(48)63-6)67-16-8-14-65-45/h9-12,22-23,25-31,47H,7-8,13-21,24,32-33H2,1-6H3/t47-/m1/s1. The molecule has 0 N–H and O–H groups in total. The number of hydrogen-bond donors (Lipinski definition) is 0. The molecule has 0 amide bonds. The van der Waals surface area contributed by atoms with Crippen LogP contribution >= 0.6 is 0 Å². The van der Waals surface area contributed by atoms with E-state index in [1.54, 1.807) is 42.7 Å². The molecule has 360 valence electrons. The molecule has 69 heavy (non-hydrogen) atoms. The summed E-state index contributed by atoms with van der Waals surface area (Å²) in [4.78, 5) is 0. The van der Waals surface area contributed by atoms with Gasteiger partial charge in [0, 0.05) is 31.9 Å². The molecule has 18 bridgehead atoms. The number of rotatable bonds is 6. The SMILES string of the molecule is COc1cc2c3cc1OCCCOc1ccc4c(c1)Cc1cc(OC)c5c(OC)c1Cc1cc(OC)c(cc1C4)OC[C@H](OC)COc1cc(c(cc1OC)C3)Cc1ccc(cc1C2)OCCCO5. The third kappa shape index (κ3) is 9.59. The lowest BCUT2D eigenvalue weighted by molar-refractivity contribution is 0.0225. The van der Waals surface area contributed by atoms with Crippen LogP contribution in [-0.2, 0) is 43.3 Å². The van der Waals surface area contributed by atoms with Crippen molar-refractivity contribution in [3.05, 3.63) is 146 Å². The molecule has 20 rings (SSSR count). The Morgan fingerprint density at radius 3 is 1.26 bits per heavy atom. The quantitative estimate of drug-likeness (QED) is 0.158. The smallest absolute Gasteiger partial charge is 0.203 e. The van der Waals surface area contributed by atoms with Gasteiger partial charge < -0.3 is 56.8 Å². The molecule has 6 aromatic carbocycles. The monoisotopic (exact) mass is 936 g/mol. The summed E-state index contributed by atoms with van der Waals surface area (Å²) in [5.74, 6) is 7.18. The van der Waals surface area contributed by atoms with E-state index < -0.39 is 6.10 Å². The van der Waals surface area contributed by atoms with Crippen LogP contribution in [0.1, 0.15) is 79.6 Å². The molecule has 2 aliphatic carbocycles. The van der Waals surface area contributed by atoms with Crippen LogP contribution in [-0.4, -0.2) is 88.4 Å². The number of benzene rings is 6. The van der Waals surface area contributed by atoms with Gasteiger partial charge in [-0.1, -0.05) is 12.1 Å². The minimum absolute atomic E-state index is 0.204. The molecule has 1 atom stereocenters. The lowest BCUT2D eigenvalue weighted by Gasteiger charge is -2.22. The van der Waals surface area contributed by atoms with Gasteiger partial charge in [0.1, 0.15) is 30.8 Å². The van der Waals surface area contributed by atoms with Crippen molar-refractivity contribution in [1.29, 1.82) is 0 Å². The van der Waals surface area contributed by atoms with Gasteiger partial charge in [0.05, 0.1) is 62.0 Å². The second kappa shape index (κ2) is 20.4. The molecule has 0 fully saturated rings. The molecule has 0 aromatic heterocycles. The Bertz CT molecular complexity index is 2850. The third-order valence-electron chi connectivity index (χ3n) is 13.7. The lowest BCUT2D eigenvalue weighted by Crippen LogP contribution is -2.27. The van der Waals surface area contributed by atoms with E-state index >= 15 is 0 Å². The van der Waals surface area contributed by atoms with E-state index in [-0.39, 0.29) is 13.2 Å². The first-order valence-corrected chi connectivity index (χ1v) is 23.7. The van der Waals surface area contributed by atoms with E-state index in [0.717, 1.165) is 72.7 Å². The van der Waals surface area contributed by atoms with Gasteiger partial charge in [-0.25, -0.2) is 0 Å². The van der Waals surface area contributed by atoms with E-state index in [9.17, 15) is 0 Å². The molecule has 12 heteroatoms. The van der Waals surface area contributed by atoms with Crippen LogP contribution in [0.15, 0.2) is 78.9 Å². The minimum Gasteiger partial charge on any atom is -0.493 e. The van der Waals surface area contributed by atoms with E-state index in [2.05, 4.69) is 78.9 Å². The Kier molecular flexibility index (Phi) is 13.5. The van der Waals surface area contributed by atoms with E-state index in [0.29, 0.717) is 130 Å². The van der Waals surface area contributed by atoms with Crippen molar-refractivity contribution in [2.75, 3.05) is 82.3 Å². The third-order valence-corrected chi connectivity index (χ3v) is 13.7. The molecule has 12 nitrogen and oxygen atoms in total. The van der Waals surface area contributed by atoms with Crippen molar-refractivity contribution in [1.82, 2.24) is 0 Å². The van der Waals surface area contributed by atoms with E-state index in [1.807, 2.05) is 0 Å². The topological polar surface area (TPSA) is 111 Å². The van der Waals surface area contributed by atoms with Gasteiger partial charge in [0.25, 0.3) is 0 Å². The fourth-order valence-electron chi connectivity index (χ4n) is 9.98. The number of methoxy groups -OCH3 is 6. The molecule has 0 spiro atoms. The van der Waals surface area contributed by atoms with Crippen molar-refractivity contribution in [2.24, 2.45) is 0 Å². The molecular formula is C57H60O12. The summed E-state index contributed by atoms with van der Waals surface area (Å²) in [6.07, 6.45) is 4.57. The van der Waals surface area contributed by atoms with E-state index in [1.165, 1.54) is 5.56 Å². The fraction of sp³-hybridized carbons (Fsp3) is 0.368. The first kappa shape index (κ1) is 45.8. The number of ether oxygens (including phenoxy) is 12. The summed E-state index contributed by atoms with van der Waals surface area (Å²) in [5.41, 5.74) is 13.3.